The molecule has 0 spiro atoms. The maximum atomic E-state index is 11.8. The molecule has 0 saturated carbocycles. The Hall–Kier alpha value is -1.32. The first-order valence-electron chi connectivity index (χ1n) is 5.13. The second-order valence-electron chi connectivity index (χ2n) is 5.09. The van der Waals surface area contributed by atoms with E-state index in [0.29, 0.717) is 11.9 Å². The van der Waals surface area contributed by atoms with E-state index in [2.05, 4.69) is 6.58 Å². The molecule has 0 bridgehead atoms. The Morgan fingerprint density at radius 1 is 1.31 bits per heavy atom. The number of amides is 1. The fraction of sp³-hybridized carbons (Fsp3) is 0.667. The van der Waals surface area contributed by atoms with E-state index in [9.17, 15) is 9.59 Å². The van der Waals surface area contributed by atoms with Crippen molar-refractivity contribution in [2.45, 2.75) is 45.8 Å². The topological polar surface area (TPSA) is 46.6 Å². The van der Waals surface area contributed by atoms with Gasteiger partial charge in [-0.2, -0.15) is 0 Å². The average molecular weight is 227 g/mol. The molecule has 92 valence electrons. The predicted molar refractivity (Wildman–Crippen MR) is 63.3 cm³/mol. The molecule has 0 aromatic carbocycles. The van der Waals surface area contributed by atoms with Crippen LogP contribution in [0.1, 0.15) is 34.6 Å². The minimum atomic E-state index is -1.03. The summed E-state index contributed by atoms with van der Waals surface area (Å²) >= 11 is 0. The summed E-state index contributed by atoms with van der Waals surface area (Å²) in [6.45, 7) is 12.4. The van der Waals surface area contributed by atoms with Gasteiger partial charge in [-0.3, -0.25) is 4.90 Å². The predicted octanol–water partition coefficient (Wildman–Crippen LogP) is 2.39. The van der Waals surface area contributed by atoms with E-state index in [0.717, 1.165) is 0 Å². The van der Waals surface area contributed by atoms with Gasteiger partial charge in [0.05, 0.1) is 0 Å². The van der Waals surface area contributed by atoms with Crippen molar-refractivity contribution < 1.29 is 14.3 Å². The van der Waals surface area contributed by atoms with E-state index in [1.807, 2.05) is 0 Å². The Bertz CT molecular complexity index is 304. The van der Waals surface area contributed by atoms with Crippen LogP contribution in [0.5, 0.6) is 0 Å². The van der Waals surface area contributed by atoms with E-state index in [-0.39, 0.29) is 0 Å². The van der Waals surface area contributed by atoms with Gasteiger partial charge in [0.2, 0.25) is 0 Å². The van der Waals surface area contributed by atoms with Gasteiger partial charge in [0.15, 0.2) is 0 Å². The fourth-order valence-electron chi connectivity index (χ4n) is 0.986. The van der Waals surface area contributed by atoms with E-state index >= 15 is 0 Å². The van der Waals surface area contributed by atoms with Crippen molar-refractivity contribution in [2.24, 2.45) is 0 Å². The van der Waals surface area contributed by atoms with Crippen LogP contribution in [0, 0.1) is 0 Å². The molecule has 0 rings (SSSR count). The molecule has 0 aromatic heterocycles. The zero-order chi connectivity index (χ0) is 13.1. The smallest absolute Gasteiger partial charge is 0.411 e. The van der Waals surface area contributed by atoms with Crippen LogP contribution in [0.25, 0.3) is 0 Å². The molecule has 4 nitrogen and oxygen atoms in total. The number of likely N-dealkylation sites (N-methyl/N-ethyl adjacent to an activating group) is 1. The maximum Gasteiger partial charge on any atom is 0.411 e. The van der Waals surface area contributed by atoms with Crippen LogP contribution in [0.3, 0.4) is 0 Å². The highest BCUT2D eigenvalue weighted by atomic mass is 16.6. The number of carbonyl (C=O) groups excluding carboxylic acids is 2. The largest absolute Gasteiger partial charge is 0.444 e. The third kappa shape index (κ3) is 3.36. The van der Waals surface area contributed by atoms with Crippen molar-refractivity contribution in [3.8, 4) is 0 Å². The maximum absolute atomic E-state index is 11.8. The molecule has 0 N–H and O–H groups in total. The molecule has 1 amide bonds. The van der Waals surface area contributed by atoms with Gasteiger partial charge in [-0.25, -0.2) is 4.79 Å². The third-order valence-corrected chi connectivity index (χ3v) is 2.46. The van der Waals surface area contributed by atoms with Gasteiger partial charge in [-0.1, -0.05) is 6.58 Å². The van der Waals surface area contributed by atoms with Crippen molar-refractivity contribution in [1.82, 2.24) is 4.90 Å². The standard InChI is InChI=1S/C12H21NO3/c1-9(2)12(6,8-14)13(7)10(15)16-11(3,4)5/h8H,1H2,2-7H3. The molecule has 0 fully saturated rings. The molecule has 0 saturated heterocycles. The fourth-order valence-corrected chi connectivity index (χ4v) is 0.986. The van der Waals surface area contributed by atoms with Crippen molar-refractivity contribution >= 4 is 12.4 Å². The lowest BCUT2D eigenvalue weighted by Crippen LogP contribution is -2.50. The van der Waals surface area contributed by atoms with Crippen molar-refractivity contribution in [2.75, 3.05) is 7.05 Å². The summed E-state index contributed by atoms with van der Waals surface area (Å²) < 4.78 is 5.18. The molecule has 0 aliphatic carbocycles. The van der Waals surface area contributed by atoms with Crippen LogP contribution in [0.4, 0.5) is 4.79 Å². The summed E-state index contributed by atoms with van der Waals surface area (Å²) in [5.74, 6) is 0. The average Bonchev–Trinajstić information content (AvgIpc) is 2.12. The van der Waals surface area contributed by atoms with Gasteiger partial charge in [0.25, 0.3) is 0 Å². The van der Waals surface area contributed by atoms with E-state index in [1.165, 1.54) is 11.9 Å². The minimum Gasteiger partial charge on any atom is -0.444 e. The molecule has 16 heavy (non-hydrogen) atoms. The number of carbonyl (C=O) groups is 2. The molecule has 0 heterocycles. The molecular weight excluding hydrogens is 206 g/mol. The summed E-state index contributed by atoms with van der Waals surface area (Å²) in [6, 6.07) is 0. The lowest BCUT2D eigenvalue weighted by molar-refractivity contribution is -0.115. The highest BCUT2D eigenvalue weighted by Gasteiger charge is 2.35. The quantitative estimate of drug-likeness (QED) is 0.549. The Kier molecular flexibility index (Phi) is 4.29. The van der Waals surface area contributed by atoms with Gasteiger partial charge in [-0.05, 0) is 40.2 Å². The Balaban J connectivity index is 4.91. The van der Waals surface area contributed by atoms with Gasteiger partial charge in [0.1, 0.15) is 17.4 Å². The number of ether oxygens (including phenoxy) is 1. The molecule has 1 atom stereocenters. The summed E-state index contributed by atoms with van der Waals surface area (Å²) in [6.07, 6.45) is 0.157. The number of hydrogen-bond donors (Lipinski definition) is 0. The lowest BCUT2D eigenvalue weighted by Gasteiger charge is -2.35. The monoisotopic (exact) mass is 227 g/mol. The zero-order valence-electron chi connectivity index (χ0n) is 11.0. The van der Waals surface area contributed by atoms with Gasteiger partial charge < -0.3 is 9.53 Å². The van der Waals surface area contributed by atoms with Crippen molar-refractivity contribution in [3.63, 3.8) is 0 Å². The highest BCUT2D eigenvalue weighted by molar-refractivity contribution is 5.79. The SMILES string of the molecule is C=C(C)C(C)(C=O)N(C)C(=O)OC(C)(C)C. The van der Waals surface area contributed by atoms with Crippen LogP contribution in [-0.2, 0) is 9.53 Å². The Morgan fingerprint density at radius 3 is 2.00 bits per heavy atom. The first-order chi connectivity index (χ1) is 7.04. The van der Waals surface area contributed by atoms with E-state index < -0.39 is 17.2 Å². The highest BCUT2D eigenvalue weighted by Crippen LogP contribution is 2.21. The Morgan fingerprint density at radius 2 is 1.75 bits per heavy atom. The first kappa shape index (κ1) is 14.7. The summed E-state index contributed by atoms with van der Waals surface area (Å²) in [5, 5.41) is 0. The van der Waals surface area contributed by atoms with Crippen molar-refractivity contribution in [3.05, 3.63) is 12.2 Å². The Labute approximate surface area is 97.3 Å². The summed E-state index contributed by atoms with van der Waals surface area (Å²) in [5.41, 5.74) is -1.01. The van der Waals surface area contributed by atoms with Gasteiger partial charge >= 0.3 is 6.09 Å². The number of hydrogen-bond acceptors (Lipinski definition) is 3. The van der Waals surface area contributed by atoms with Gasteiger partial charge in [-0.15, -0.1) is 0 Å². The second kappa shape index (κ2) is 4.68. The number of nitrogens with zero attached hydrogens (tertiary/aromatic N) is 1. The zero-order valence-corrected chi connectivity index (χ0v) is 11.0. The molecular formula is C12H21NO3. The number of aldehydes is 1. The van der Waals surface area contributed by atoms with E-state index in [1.54, 1.807) is 34.6 Å². The molecule has 0 aromatic rings. The van der Waals surface area contributed by atoms with Crippen LogP contribution in [0.15, 0.2) is 12.2 Å². The number of rotatable bonds is 3. The van der Waals surface area contributed by atoms with Crippen LogP contribution in [0.2, 0.25) is 0 Å². The molecule has 0 aliphatic heterocycles. The third-order valence-electron chi connectivity index (χ3n) is 2.46. The minimum absolute atomic E-state index is 0.537. The summed E-state index contributed by atoms with van der Waals surface area (Å²) in [4.78, 5) is 24.1. The van der Waals surface area contributed by atoms with Crippen LogP contribution in [-0.4, -0.2) is 35.5 Å². The van der Waals surface area contributed by atoms with Crippen molar-refractivity contribution in [1.29, 1.82) is 0 Å². The molecule has 1 unspecified atom stereocenters. The van der Waals surface area contributed by atoms with Crippen LogP contribution >= 0.6 is 0 Å². The summed E-state index contributed by atoms with van der Waals surface area (Å²) in [7, 11) is 1.52. The van der Waals surface area contributed by atoms with Crippen LogP contribution < -0.4 is 0 Å². The second-order valence-corrected chi connectivity index (χ2v) is 5.09. The first-order valence-corrected chi connectivity index (χ1v) is 5.13. The lowest BCUT2D eigenvalue weighted by atomic mass is 9.95. The normalized spacial score (nSPS) is 14.9. The van der Waals surface area contributed by atoms with E-state index in [4.69, 9.17) is 4.74 Å². The van der Waals surface area contributed by atoms with Gasteiger partial charge in [0, 0.05) is 7.05 Å². The molecule has 4 heteroatoms. The molecule has 0 aliphatic rings. The molecule has 0 radical (unpaired) electrons.